The van der Waals surface area contributed by atoms with E-state index in [0.717, 1.165) is 30.6 Å². The second-order valence-corrected chi connectivity index (χ2v) is 10.8. The van der Waals surface area contributed by atoms with Crippen molar-refractivity contribution in [1.29, 1.82) is 0 Å². The van der Waals surface area contributed by atoms with E-state index in [-0.39, 0.29) is 23.8 Å². The molecule has 0 unspecified atom stereocenters. The summed E-state index contributed by atoms with van der Waals surface area (Å²) in [7, 11) is 0. The van der Waals surface area contributed by atoms with Gasteiger partial charge in [0.05, 0.1) is 6.61 Å². The zero-order valence-corrected chi connectivity index (χ0v) is 19.6. The fourth-order valence-electron chi connectivity index (χ4n) is 7.20. The lowest BCUT2D eigenvalue weighted by atomic mass is 9.49. The van der Waals surface area contributed by atoms with Gasteiger partial charge in [-0.1, -0.05) is 19.4 Å². The number of aliphatic hydroxyl groups is 1. The summed E-state index contributed by atoms with van der Waals surface area (Å²) in [6.45, 7) is 2.89. The van der Waals surface area contributed by atoms with Gasteiger partial charge in [-0.15, -0.1) is 0 Å². The highest BCUT2D eigenvalue weighted by molar-refractivity contribution is 5.94. The van der Waals surface area contributed by atoms with Crippen molar-refractivity contribution < 1.29 is 14.7 Å². The summed E-state index contributed by atoms with van der Waals surface area (Å²) in [6.07, 6.45) is 11.9. The molecule has 0 radical (unpaired) electrons. The van der Waals surface area contributed by atoms with Crippen LogP contribution in [0.4, 0.5) is 5.82 Å². The van der Waals surface area contributed by atoms with Crippen molar-refractivity contribution in [3.8, 4) is 0 Å². The number of nitrogens with zero attached hydrogens (tertiary/aromatic N) is 3. The Kier molecular flexibility index (Phi) is 6.16. The summed E-state index contributed by atoms with van der Waals surface area (Å²) in [5.74, 6) is 3.00. The quantitative estimate of drug-likeness (QED) is 0.599. The maximum absolute atomic E-state index is 13.1. The topological polar surface area (TPSA) is 86.9 Å². The van der Waals surface area contributed by atoms with Crippen LogP contribution in [-0.2, 0) is 4.79 Å². The van der Waals surface area contributed by atoms with Crippen LogP contribution in [-0.4, -0.2) is 50.9 Å². The molecule has 4 bridgehead atoms. The molecular weight excluding hydrogens is 416 g/mol. The number of aromatic nitrogens is 2. The van der Waals surface area contributed by atoms with Gasteiger partial charge in [0.15, 0.2) is 0 Å². The lowest BCUT2D eigenvalue weighted by Crippen LogP contribution is -2.47. The first-order valence-electron chi connectivity index (χ1n) is 12.7. The number of rotatable bonds is 9. The molecule has 2 aromatic heterocycles. The average molecular weight is 453 g/mol. The Balaban J connectivity index is 1.31. The van der Waals surface area contributed by atoms with Crippen LogP contribution < -0.4 is 5.32 Å². The first-order chi connectivity index (χ1) is 16.0. The number of carbonyl (C=O) groups excluding carboxylic acids is 2. The van der Waals surface area contributed by atoms with Crippen LogP contribution in [0.3, 0.4) is 0 Å². The Morgan fingerprint density at radius 1 is 1.15 bits per heavy atom. The molecule has 33 heavy (non-hydrogen) atoms. The maximum Gasteiger partial charge on any atom is 0.274 e. The number of hydrogen-bond acceptors (Lipinski definition) is 4. The van der Waals surface area contributed by atoms with Crippen molar-refractivity contribution in [1.82, 2.24) is 14.3 Å². The SMILES string of the molecule is CCCCN(CCO)C(=O)c1cn2c(NC(=O)CC34CC5CC(CC(C5)C3)C4)cccc2n1. The van der Waals surface area contributed by atoms with E-state index in [1.54, 1.807) is 15.5 Å². The van der Waals surface area contributed by atoms with E-state index in [0.29, 0.717) is 36.7 Å². The van der Waals surface area contributed by atoms with Gasteiger partial charge in [0.2, 0.25) is 5.91 Å². The molecule has 0 saturated heterocycles. The van der Waals surface area contributed by atoms with Gasteiger partial charge in [-0.2, -0.15) is 0 Å². The van der Waals surface area contributed by atoms with Crippen molar-refractivity contribution in [2.75, 3.05) is 25.0 Å². The molecule has 4 fully saturated rings. The second kappa shape index (κ2) is 9.09. The summed E-state index contributed by atoms with van der Waals surface area (Å²) in [4.78, 5) is 32.3. The smallest absolute Gasteiger partial charge is 0.274 e. The third kappa shape index (κ3) is 4.52. The third-order valence-corrected chi connectivity index (χ3v) is 8.12. The molecule has 0 aliphatic heterocycles. The largest absolute Gasteiger partial charge is 0.395 e. The highest BCUT2D eigenvalue weighted by atomic mass is 16.3. The summed E-state index contributed by atoms with van der Waals surface area (Å²) in [6, 6.07) is 5.57. The van der Waals surface area contributed by atoms with Gasteiger partial charge < -0.3 is 15.3 Å². The third-order valence-electron chi connectivity index (χ3n) is 8.12. The summed E-state index contributed by atoms with van der Waals surface area (Å²) < 4.78 is 1.79. The molecule has 6 rings (SSSR count). The van der Waals surface area contributed by atoms with E-state index < -0.39 is 0 Å². The molecule has 2 heterocycles. The number of hydrogen-bond donors (Lipinski definition) is 2. The zero-order chi connectivity index (χ0) is 23.0. The van der Waals surface area contributed by atoms with Crippen LogP contribution in [0.15, 0.2) is 24.4 Å². The highest BCUT2D eigenvalue weighted by Crippen LogP contribution is 2.61. The Hall–Kier alpha value is -2.41. The van der Waals surface area contributed by atoms with Crippen molar-refractivity contribution in [2.45, 2.75) is 64.7 Å². The maximum atomic E-state index is 13.1. The minimum atomic E-state index is -0.188. The molecule has 4 aliphatic rings. The van der Waals surface area contributed by atoms with Crippen LogP contribution in [0.5, 0.6) is 0 Å². The molecule has 2 aromatic rings. The highest BCUT2D eigenvalue weighted by Gasteiger charge is 2.51. The van der Waals surface area contributed by atoms with Crippen molar-refractivity contribution in [3.63, 3.8) is 0 Å². The van der Waals surface area contributed by atoms with Gasteiger partial charge in [0.1, 0.15) is 17.2 Å². The van der Waals surface area contributed by atoms with Crippen molar-refractivity contribution in [2.24, 2.45) is 23.2 Å². The standard InChI is InChI=1S/C26H36N4O3/c1-2-3-7-29(8-9-31)25(33)21-17-30-22(27-21)5-4-6-23(30)28-24(32)16-26-13-18-10-19(14-26)12-20(11-18)15-26/h4-6,17-20,31H,2-3,7-16H2,1H3,(H,28,32). The minimum absolute atomic E-state index is 0.0656. The van der Waals surface area contributed by atoms with Gasteiger partial charge in [-0.3, -0.25) is 14.0 Å². The minimum Gasteiger partial charge on any atom is -0.395 e. The molecule has 7 heteroatoms. The summed E-state index contributed by atoms with van der Waals surface area (Å²) in [5, 5.41) is 12.5. The van der Waals surface area contributed by atoms with Crippen LogP contribution >= 0.6 is 0 Å². The van der Waals surface area contributed by atoms with Gasteiger partial charge in [-0.05, 0) is 80.2 Å². The van der Waals surface area contributed by atoms with Crippen molar-refractivity contribution in [3.05, 3.63) is 30.1 Å². The van der Waals surface area contributed by atoms with E-state index >= 15 is 0 Å². The molecule has 0 aromatic carbocycles. The van der Waals surface area contributed by atoms with E-state index in [4.69, 9.17) is 0 Å². The Morgan fingerprint density at radius 3 is 2.48 bits per heavy atom. The Bertz CT molecular complexity index is 994. The lowest BCUT2D eigenvalue weighted by molar-refractivity contribution is -0.124. The van der Waals surface area contributed by atoms with E-state index in [1.807, 2.05) is 18.2 Å². The molecule has 4 saturated carbocycles. The predicted octanol–water partition coefficient (Wildman–Crippen LogP) is 4.11. The predicted molar refractivity (Wildman–Crippen MR) is 127 cm³/mol. The van der Waals surface area contributed by atoms with Gasteiger partial charge in [0, 0.05) is 25.7 Å². The van der Waals surface area contributed by atoms with Crippen LogP contribution in [0.2, 0.25) is 0 Å². The number of nitrogens with one attached hydrogen (secondary N) is 1. The van der Waals surface area contributed by atoms with Crippen molar-refractivity contribution >= 4 is 23.3 Å². The van der Waals surface area contributed by atoms with Crippen LogP contribution in [0.25, 0.3) is 5.65 Å². The Labute approximate surface area is 195 Å². The average Bonchev–Trinajstić information content (AvgIpc) is 3.20. The molecular formula is C26H36N4O3. The molecule has 2 amide bonds. The number of aliphatic hydroxyl groups excluding tert-OH is 1. The molecule has 0 spiro atoms. The number of amides is 2. The van der Waals surface area contributed by atoms with Crippen LogP contribution in [0, 0.1) is 23.2 Å². The summed E-state index contributed by atoms with van der Waals surface area (Å²) in [5.41, 5.74) is 1.15. The van der Waals surface area contributed by atoms with E-state index in [9.17, 15) is 14.7 Å². The first-order valence-corrected chi connectivity index (χ1v) is 12.7. The molecule has 178 valence electrons. The number of pyridine rings is 1. The number of unbranched alkanes of at least 4 members (excludes halogenated alkanes) is 1. The van der Waals surface area contributed by atoms with Crippen LogP contribution in [0.1, 0.15) is 75.2 Å². The second-order valence-electron chi connectivity index (χ2n) is 10.8. The number of fused-ring (bicyclic) bond motifs is 1. The number of carbonyl (C=O) groups is 2. The molecule has 4 aliphatic carbocycles. The molecule has 0 atom stereocenters. The lowest BCUT2D eigenvalue weighted by Gasteiger charge is -2.56. The normalized spacial score (nSPS) is 27.8. The van der Waals surface area contributed by atoms with E-state index in [2.05, 4.69) is 17.2 Å². The van der Waals surface area contributed by atoms with E-state index in [1.165, 1.54) is 38.5 Å². The zero-order valence-electron chi connectivity index (χ0n) is 19.6. The summed E-state index contributed by atoms with van der Waals surface area (Å²) >= 11 is 0. The molecule has 2 N–H and O–H groups in total. The monoisotopic (exact) mass is 452 g/mol. The number of anilines is 1. The first kappa shape index (κ1) is 22.4. The van der Waals surface area contributed by atoms with Gasteiger partial charge in [0.25, 0.3) is 5.91 Å². The fraction of sp³-hybridized carbons (Fsp3) is 0.654. The molecule has 7 nitrogen and oxygen atoms in total. The fourth-order valence-corrected chi connectivity index (χ4v) is 7.20. The Morgan fingerprint density at radius 2 is 1.85 bits per heavy atom. The number of imidazole rings is 1. The van der Waals surface area contributed by atoms with Gasteiger partial charge in [-0.25, -0.2) is 4.98 Å². The van der Waals surface area contributed by atoms with Gasteiger partial charge >= 0.3 is 0 Å².